The van der Waals surface area contributed by atoms with Crippen molar-refractivity contribution >= 4 is 41.4 Å². The van der Waals surface area contributed by atoms with Crippen LogP contribution in [0.4, 0.5) is 4.79 Å². The first kappa shape index (κ1) is 37.7. The number of likely N-dealkylation sites (tertiary alicyclic amines) is 2. The number of nitrogens with one attached hydrogen (secondary N) is 4. The van der Waals surface area contributed by atoms with Crippen LogP contribution in [0.3, 0.4) is 0 Å². The number of carbonyl (C=O) groups excluding carboxylic acids is 7. The molecule has 0 aromatic rings. The van der Waals surface area contributed by atoms with Crippen molar-refractivity contribution < 1.29 is 33.6 Å². The number of hydrogen-bond donors (Lipinski definition) is 4. The third-order valence-corrected chi connectivity index (χ3v) is 11.8. The van der Waals surface area contributed by atoms with Crippen LogP contribution in [-0.2, 0) is 28.8 Å². The van der Waals surface area contributed by atoms with Crippen LogP contribution >= 0.6 is 0 Å². The average Bonchev–Trinajstić information content (AvgIpc) is 3.79. The molecule has 5 atom stereocenters. The van der Waals surface area contributed by atoms with Gasteiger partial charge in [-0.1, -0.05) is 69.2 Å². The van der Waals surface area contributed by atoms with E-state index in [1.54, 1.807) is 4.90 Å². The Bertz CT molecular complexity index is 1440. The Morgan fingerprint density at radius 2 is 1.44 bits per heavy atom. The molecule has 13 nitrogen and oxygen atoms in total. The molecule has 0 aromatic heterocycles. The molecular weight excluding hydrogens is 640 g/mol. The summed E-state index contributed by atoms with van der Waals surface area (Å²) in [6.45, 7) is 19.5. The van der Waals surface area contributed by atoms with Gasteiger partial charge in [0.25, 0.3) is 5.91 Å². The number of fused-ring (bicyclic) bond motifs is 1. The molecule has 0 spiro atoms. The van der Waals surface area contributed by atoms with Gasteiger partial charge in [-0.3, -0.25) is 33.7 Å². The maximum absolute atomic E-state index is 14.5. The normalized spacial score (nSPS) is 27.7. The largest absolute Gasteiger partial charge is 0.347 e. The van der Waals surface area contributed by atoms with Crippen molar-refractivity contribution in [2.24, 2.45) is 33.5 Å². The lowest BCUT2D eigenvalue weighted by Gasteiger charge is -2.43. The molecule has 5 aliphatic rings. The minimum atomic E-state index is -1.28. The van der Waals surface area contributed by atoms with Crippen LogP contribution in [0.1, 0.15) is 114 Å². The highest BCUT2D eigenvalue weighted by atomic mass is 16.2. The summed E-state index contributed by atoms with van der Waals surface area (Å²) in [5.41, 5.74) is -3.20. The molecule has 0 radical (unpaired) electrons. The number of hydrogen-bond acceptors (Lipinski definition) is 7. The van der Waals surface area contributed by atoms with Crippen molar-refractivity contribution in [3.63, 3.8) is 0 Å². The molecule has 3 saturated carbocycles. The van der Waals surface area contributed by atoms with E-state index >= 15 is 0 Å². The van der Waals surface area contributed by atoms with Gasteiger partial charge >= 0.3 is 6.03 Å². The molecule has 0 aromatic carbocycles. The standard InChI is InChI=1S/C37H58N6O7/c1-33(2,3)22(19-42-23(44)16-35(7,8)17-24(42)45)39-32(50)40-27(34(4,5)6)31(49)43-18-21-25(36(21,9)10)26(43)29(47)41-37(14-11-15-37)28(46)30(48)38-20-12-13-20/h20-22,25-27H,11-19H2,1-10H3,(H,38,48)(H,41,47)(H2,39,40,50)/t21?,22-,25?,26+,27+/m1/s1. The second-order valence-corrected chi connectivity index (χ2v) is 19.1. The zero-order valence-electron chi connectivity index (χ0n) is 31.6. The summed E-state index contributed by atoms with van der Waals surface area (Å²) in [5, 5.41) is 11.5. The first-order valence-electron chi connectivity index (χ1n) is 18.3. The van der Waals surface area contributed by atoms with Gasteiger partial charge in [-0.2, -0.15) is 0 Å². The number of Topliss-reactive ketones (excluding diaryl/α,β-unsaturated/α-hetero) is 1. The van der Waals surface area contributed by atoms with E-state index in [0.29, 0.717) is 25.8 Å². The van der Waals surface area contributed by atoms with Crippen molar-refractivity contribution in [3.8, 4) is 0 Å². The molecule has 3 aliphatic carbocycles. The summed E-state index contributed by atoms with van der Waals surface area (Å²) in [6, 6.07) is -3.12. The number of carbonyl (C=O) groups is 7. The number of piperidine rings is 2. The van der Waals surface area contributed by atoms with Crippen LogP contribution in [0.5, 0.6) is 0 Å². The molecule has 7 amide bonds. The predicted molar refractivity (Wildman–Crippen MR) is 185 cm³/mol. The molecule has 278 valence electrons. The van der Waals surface area contributed by atoms with Crippen molar-refractivity contribution in [3.05, 3.63) is 0 Å². The Labute approximate surface area is 296 Å². The van der Waals surface area contributed by atoms with Gasteiger partial charge in [-0.05, 0) is 65.6 Å². The van der Waals surface area contributed by atoms with Crippen LogP contribution in [0.25, 0.3) is 0 Å². The number of nitrogens with zero attached hydrogens (tertiary/aromatic N) is 2. The third kappa shape index (κ3) is 7.42. The fourth-order valence-corrected chi connectivity index (χ4v) is 8.04. The van der Waals surface area contributed by atoms with Gasteiger partial charge in [0.2, 0.25) is 29.4 Å². The topological polar surface area (TPSA) is 174 Å². The number of rotatable bonds is 10. The highest BCUT2D eigenvalue weighted by Crippen LogP contribution is 2.65. The lowest BCUT2D eigenvalue weighted by Crippen LogP contribution is -2.67. The van der Waals surface area contributed by atoms with Crippen LogP contribution in [-0.4, -0.2) is 93.9 Å². The van der Waals surface area contributed by atoms with Crippen LogP contribution < -0.4 is 21.3 Å². The van der Waals surface area contributed by atoms with Gasteiger partial charge in [-0.25, -0.2) is 4.79 Å². The summed E-state index contributed by atoms with van der Waals surface area (Å²) in [7, 11) is 0. The van der Waals surface area contributed by atoms with E-state index in [1.165, 1.54) is 4.90 Å². The maximum Gasteiger partial charge on any atom is 0.315 e. The van der Waals surface area contributed by atoms with Gasteiger partial charge < -0.3 is 26.2 Å². The molecule has 2 heterocycles. The number of ketones is 1. The highest BCUT2D eigenvalue weighted by Gasteiger charge is 2.70. The quantitative estimate of drug-likeness (QED) is 0.201. The molecule has 2 aliphatic heterocycles. The first-order valence-corrected chi connectivity index (χ1v) is 18.3. The third-order valence-electron chi connectivity index (χ3n) is 11.8. The van der Waals surface area contributed by atoms with E-state index in [9.17, 15) is 33.6 Å². The molecule has 0 bridgehead atoms. The highest BCUT2D eigenvalue weighted by molar-refractivity contribution is 6.40. The fraction of sp³-hybridized carbons (Fsp3) is 0.811. The minimum absolute atomic E-state index is 0.00472. The van der Waals surface area contributed by atoms with Gasteiger partial charge in [0.15, 0.2) is 0 Å². The molecule has 2 unspecified atom stereocenters. The SMILES string of the molecule is CC1(C)CC(=O)N(C[C@@H](NC(=O)N[C@@H](C(=O)N2CC3C([C@H]2C(=O)NC2(C(=O)C(=O)NC4CC4)CCC2)C3(C)C)C(C)(C)C)C(C)(C)C)C(=O)C1. The minimum Gasteiger partial charge on any atom is -0.347 e. The zero-order chi connectivity index (χ0) is 37.4. The van der Waals surface area contributed by atoms with Crippen molar-refractivity contribution in [1.82, 2.24) is 31.1 Å². The van der Waals surface area contributed by atoms with Gasteiger partial charge in [0, 0.05) is 32.0 Å². The summed E-state index contributed by atoms with van der Waals surface area (Å²) < 4.78 is 0. The Morgan fingerprint density at radius 1 is 0.860 bits per heavy atom. The molecule has 5 fully saturated rings. The van der Waals surface area contributed by atoms with Crippen LogP contribution in [0, 0.1) is 33.5 Å². The Hall–Kier alpha value is -3.51. The second-order valence-electron chi connectivity index (χ2n) is 19.1. The van der Waals surface area contributed by atoms with Crippen molar-refractivity contribution in [1.29, 1.82) is 0 Å². The number of amides is 7. The smallest absolute Gasteiger partial charge is 0.315 e. The lowest BCUT2D eigenvalue weighted by atomic mass is 9.73. The average molecular weight is 699 g/mol. The molecular formula is C37H58N6O7. The van der Waals surface area contributed by atoms with Crippen LogP contribution in [0.15, 0.2) is 0 Å². The van der Waals surface area contributed by atoms with Crippen molar-refractivity contribution in [2.45, 2.75) is 144 Å². The van der Waals surface area contributed by atoms with Gasteiger partial charge in [0.1, 0.15) is 17.6 Å². The summed E-state index contributed by atoms with van der Waals surface area (Å²) in [5.74, 6) is -2.80. The Kier molecular flexibility index (Phi) is 9.52. The molecule has 4 N–H and O–H groups in total. The van der Waals surface area contributed by atoms with Crippen molar-refractivity contribution in [2.75, 3.05) is 13.1 Å². The van der Waals surface area contributed by atoms with Crippen LogP contribution in [0.2, 0.25) is 0 Å². The van der Waals surface area contributed by atoms with E-state index in [-0.39, 0.29) is 54.5 Å². The second kappa shape index (κ2) is 12.6. The predicted octanol–water partition coefficient (Wildman–Crippen LogP) is 2.66. The molecule has 5 rings (SSSR count). The van der Waals surface area contributed by atoms with E-state index in [0.717, 1.165) is 12.8 Å². The first-order chi connectivity index (χ1) is 22.9. The molecule has 13 heteroatoms. The fourth-order valence-electron chi connectivity index (χ4n) is 8.04. The summed E-state index contributed by atoms with van der Waals surface area (Å²) in [4.78, 5) is 97.0. The Balaban J connectivity index is 1.31. The van der Waals surface area contributed by atoms with E-state index in [1.807, 2.05) is 55.4 Å². The van der Waals surface area contributed by atoms with E-state index in [4.69, 9.17) is 0 Å². The van der Waals surface area contributed by atoms with Gasteiger partial charge in [0.05, 0.1) is 6.04 Å². The zero-order valence-corrected chi connectivity index (χ0v) is 31.6. The van der Waals surface area contributed by atoms with Gasteiger partial charge in [-0.15, -0.1) is 0 Å². The Morgan fingerprint density at radius 3 is 1.92 bits per heavy atom. The maximum atomic E-state index is 14.5. The summed E-state index contributed by atoms with van der Waals surface area (Å²) >= 11 is 0. The number of urea groups is 1. The lowest BCUT2D eigenvalue weighted by molar-refractivity contribution is -0.153. The van der Waals surface area contributed by atoms with E-state index < -0.39 is 69.4 Å². The van der Waals surface area contributed by atoms with E-state index in [2.05, 4.69) is 35.1 Å². The summed E-state index contributed by atoms with van der Waals surface area (Å²) in [6.07, 6.45) is 3.56. The molecule has 50 heavy (non-hydrogen) atoms. The monoisotopic (exact) mass is 698 g/mol. The number of imide groups is 1. The molecule has 2 saturated heterocycles.